The van der Waals surface area contributed by atoms with Crippen LogP contribution in [0.25, 0.3) is 0 Å². The molecular formula is C16H24N2. The van der Waals surface area contributed by atoms with E-state index < -0.39 is 0 Å². The van der Waals surface area contributed by atoms with E-state index in [2.05, 4.69) is 36.1 Å². The summed E-state index contributed by atoms with van der Waals surface area (Å²) in [5, 5.41) is 0. The smallest absolute Gasteiger partial charge is 0.0412 e. The topological polar surface area (TPSA) is 29.3 Å². The van der Waals surface area contributed by atoms with Gasteiger partial charge < -0.3 is 5.73 Å². The zero-order chi connectivity index (χ0) is 12.6. The molecule has 18 heavy (non-hydrogen) atoms. The van der Waals surface area contributed by atoms with Crippen molar-refractivity contribution in [2.45, 2.75) is 38.1 Å². The number of nitrogens with zero attached hydrogens (tertiary/aromatic N) is 1. The molecule has 2 N–H and O–H groups in total. The van der Waals surface area contributed by atoms with Gasteiger partial charge in [-0.1, -0.05) is 31.2 Å². The number of hydrogen-bond acceptors (Lipinski definition) is 2. The van der Waals surface area contributed by atoms with Gasteiger partial charge in [0.2, 0.25) is 0 Å². The van der Waals surface area contributed by atoms with Crippen molar-refractivity contribution in [1.29, 1.82) is 0 Å². The van der Waals surface area contributed by atoms with Gasteiger partial charge in [0.15, 0.2) is 0 Å². The molecule has 2 nitrogen and oxygen atoms in total. The van der Waals surface area contributed by atoms with Crippen LogP contribution in [0.15, 0.2) is 24.3 Å². The monoisotopic (exact) mass is 244 g/mol. The molecule has 1 unspecified atom stereocenters. The number of hydrogen-bond donors (Lipinski definition) is 1. The summed E-state index contributed by atoms with van der Waals surface area (Å²) in [5.41, 5.74) is 9.42. The molecule has 2 heteroatoms. The molecule has 0 aromatic heterocycles. The van der Waals surface area contributed by atoms with Crippen LogP contribution >= 0.6 is 0 Å². The fourth-order valence-electron chi connectivity index (χ4n) is 3.79. The average molecular weight is 244 g/mol. The minimum Gasteiger partial charge on any atom is -0.329 e. The van der Waals surface area contributed by atoms with Crippen LogP contribution in [0.2, 0.25) is 0 Å². The van der Waals surface area contributed by atoms with Crippen LogP contribution in [0, 0.1) is 5.92 Å². The highest BCUT2D eigenvalue weighted by Crippen LogP contribution is 2.36. The van der Waals surface area contributed by atoms with Crippen LogP contribution in [0.3, 0.4) is 0 Å². The first-order chi connectivity index (χ1) is 8.73. The second-order valence-electron chi connectivity index (χ2n) is 6.24. The van der Waals surface area contributed by atoms with Crippen molar-refractivity contribution in [1.82, 2.24) is 4.90 Å². The van der Waals surface area contributed by atoms with E-state index in [0.29, 0.717) is 0 Å². The summed E-state index contributed by atoms with van der Waals surface area (Å²) in [6, 6.07) is 8.87. The maximum absolute atomic E-state index is 6.18. The molecule has 1 aliphatic carbocycles. The molecular weight excluding hydrogens is 220 g/mol. The second-order valence-corrected chi connectivity index (χ2v) is 6.24. The van der Waals surface area contributed by atoms with E-state index in [0.717, 1.165) is 25.3 Å². The van der Waals surface area contributed by atoms with Crippen molar-refractivity contribution in [3.05, 3.63) is 35.4 Å². The molecule has 1 aromatic rings. The zero-order valence-corrected chi connectivity index (χ0v) is 11.4. The van der Waals surface area contributed by atoms with Gasteiger partial charge in [-0.05, 0) is 49.3 Å². The van der Waals surface area contributed by atoms with Gasteiger partial charge in [0, 0.05) is 18.6 Å². The van der Waals surface area contributed by atoms with E-state index in [9.17, 15) is 0 Å². The van der Waals surface area contributed by atoms with Gasteiger partial charge in [0.25, 0.3) is 0 Å². The Hall–Kier alpha value is -0.860. The molecule has 1 atom stereocenters. The van der Waals surface area contributed by atoms with Gasteiger partial charge in [0.05, 0.1) is 0 Å². The number of fused-ring (bicyclic) bond motifs is 1. The largest absolute Gasteiger partial charge is 0.329 e. The van der Waals surface area contributed by atoms with E-state index in [-0.39, 0.29) is 5.54 Å². The Kier molecular flexibility index (Phi) is 3.16. The molecule has 98 valence electrons. The highest BCUT2D eigenvalue weighted by molar-refractivity contribution is 5.36. The minimum atomic E-state index is 0.207. The van der Waals surface area contributed by atoms with Gasteiger partial charge in [0.1, 0.15) is 0 Å². The Bertz CT molecular complexity index is 402. The Morgan fingerprint density at radius 1 is 1.28 bits per heavy atom. The molecule has 0 bridgehead atoms. The summed E-state index contributed by atoms with van der Waals surface area (Å²) < 4.78 is 0. The number of benzene rings is 1. The summed E-state index contributed by atoms with van der Waals surface area (Å²) in [6.07, 6.45) is 5.00. The fourth-order valence-corrected chi connectivity index (χ4v) is 3.79. The molecule has 0 saturated carbocycles. The summed E-state index contributed by atoms with van der Waals surface area (Å²) in [7, 11) is 0. The third-order valence-electron chi connectivity index (χ3n) is 4.87. The third kappa shape index (κ3) is 1.98. The Labute approximate surface area is 110 Å². The van der Waals surface area contributed by atoms with E-state index in [1.54, 1.807) is 0 Å². The summed E-state index contributed by atoms with van der Waals surface area (Å²) in [6.45, 7) is 5.62. The zero-order valence-electron chi connectivity index (χ0n) is 11.4. The molecule has 1 saturated heterocycles. The number of rotatable bonds is 2. The van der Waals surface area contributed by atoms with Crippen LogP contribution < -0.4 is 5.73 Å². The first kappa shape index (κ1) is 12.2. The Balaban J connectivity index is 1.85. The molecule has 2 aliphatic rings. The van der Waals surface area contributed by atoms with E-state index in [1.807, 2.05) is 0 Å². The fraction of sp³-hybridized carbons (Fsp3) is 0.625. The van der Waals surface area contributed by atoms with Gasteiger partial charge in [-0.15, -0.1) is 0 Å². The minimum absolute atomic E-state index is 0.207. The quantitative estimate of drug-likeness (QED) is 0.864. The second kappa shape index (κ2) is 4.67. The predicted octanol–water partition coefficient (Wildman–Crippen LogP) is 2.21. The van der Waals surface area contributed by atoms with Crippen molar-refractivity contribution in [3.63, 3.8) is 0 Å². The lowest BCUT2D eigenvalue weighted by molar-refractivity contribution is 0.0581. The van der Waals surface area contributed by atoms with Crippen molar-refractivity contribution in [2.75, 3.05) is 19.6 Å². The maximum atomic E-state index is 6.18. The average Bonchev–Trinajstić information content (AvgIpc) is 2.78. The molecule has 0 spiro atoms. The number of likely N-dealkylation sites (tertiary alicyclic amines) is 1. The molecule has 1 aliphatic heterocycles. The molecule has 1 aromatic carbocycles. The van der Waals surface area contributed by atoms with Crippen LogP contribution in [0.1, 0.15) is 30.9 Å². The van der Waals surface area contributed by atoms with Gasteiger partial charge in [-0.2, -0.15) is 0 Å². The van der Waals surface area contributed by atoms with Crippen molar-refractivity contribution in [2.24, 2.45) is 11.7 Å². The summed E-state index contributed by atoms with van der Waals surface area (Å²) in [4.78, 5) is 2.68. The number of piperidine rings is 1. The molecule has 0 amide bonds. The summed E-state index contributed by atoms with van der Waals surface area (Å²) in [5.74, 6) is 0.825. The summed E-state index contributed by atoms with van der Waals surface area (Å²) >= 11 is 0. The highest BCUT2D eigenvalue weighted by atomic mass is 15.2. The van der Waals surface area contributed by atoms with Crippen molar-refractivity contribution >= 4 is 0 Å². The first-order valence-electron chi connectivity index (χ1n) is 7.25. The van der Waals surface area contributed by atoms with E-state index in [1.165, 1.54) is 37.1 Å². The Morgan fingerprint density at radius 3 is 2.50 bits per heavy atom. The van der Waals surface area contributed by atoms with E-state index in [4.69, 9.17) is 5.73 Å². The maximum Gasteiger partial charge on any atom is 0.0412 e. The van der Waals surface area contributed by atoms with Gasteiger partial charge >= 0.3 is 0 Å². The first-order valence-corrected chi connectivity index (χ1v) is 7.25. The number of nitrogens with two attached hydrogens (primary N) is 1. The third-order valence-corrected chi connectivity index (χ3v) is 4.87. The van der Waals surface area contributed by atoms with Crippen LogP contribution in [0.5, 0.6) is 0 Å². The lowest BCUT2D eigenvalue weighted by Gasteiger charge is -2.44. The van der Waals surface area contributed by atoms with Crippen molar-refractivity contribution in [3.8, 4) is 0 Å². The van der Waals surface area contributed by atoms with Gasteiger partial charge in [-0.25, -0.2) is 0 Å². The lowest BCUT2D eigenvalue weighted by atomic mass is 9.88. The predicted molar refractivity (Wildman–Crippen MR) is 75.6 cm³/mol. The molecule has 3 rings (SSSR count). The molecule has 0 radical (unpaired) electrons. The molecule has 1 fully saturated rings. The van der Waals surface area contributed by atoms with Crippen LogP contribution in [0.4, 0.5) is 0 Å². The SMILES string of the molecule is CC1CCCN(C2(CN)Cc3ccccc3C2)C1. The van der Waals surface area contributed by atoms with Gasteiger partial charge in [-0.3, -0.25) is 4.90 Å². The molecule has 1 heterocycles. The van der Waals surface area contributed by atoms with Crippen LogP contribution in [-0.4, -0.2) is 30.1 Å². The lowest BCUT2D eigenvalue weighted by Crippen LogP contribution is -2.57. The Morgan fingerprint density at radius 2 is 1.94 bits per heavy atom. The normalized spacial score (nSPS) is 27.1. The van der Waals surface area contributed by atoms with Crippen LogP contribution in [-0.2, 0) is 12.8 Å². The standard InChI is InChI=1S/C16H24N2/c1-13-5-4-8-18(11-13)16(12-17)9-14-6-2-3-7-15(14)10-16/h2-3,6-7,13H,4-5,8-12,17H2,1H3. The highest BCUT2D eigenvalue weighted by Gasteiger charge is 2.42. The van der Waals surface area contributed by atoms with E-state index >= 15 is 0 Å². The van der Waals surface area contributed by atoms with Crippen molar-refractivity contribution < 1.29 is 0 Å².